The molecule has 0 atom stereocenters. The Morgan fingerprint density at radius 2 is 1.58 bits per heavy atom. The van der Waals surface area contributed by atoms with Gasteiger partial charge in [0.05, 0.1) is 6.10 Å². The van der Waals surface area contributed by atoms with Crippen molar-refractivity contribution < 1.29 is 5.11 Å². The van der Waals surface area contributed by atoms with Crippen LogP contribution in [0.2, 0.25) is 0 Å². The van der Waals surface area contributed by atoms with Crippen LogP contribution in [0.5, 0.6) is 0 Å². The van der Waals surface area contributed by atoms with Crippen LogP contribution in [-0.4, -0.2) is 35.2 Å². The van der Waals surface area contributed by atoms with Gasteiger partial charge in [-0.3, -0.25) is 0 Å². The lowest BCUT2D eigenvalue weighted by molar-refractivity contribution is -0.0761. The summed E-state index contributed by atoms with van der Waals surface area (Å²) in [6.07, 6.45) is 10.6. The summed E-state index contributed by atoms with van der Waals surface area (Å²) in [5.74, 6) is 1.86. The fourth-order valence-electron chi connectivity index (χ4n) is 4.85. The molecule has 0 aromatic carbocycles. The second-order valence-electron chi connectivity index (χ2n) is 7.91. The molecule has 0 radical (unpaired) electrons. The molecule has 0 bridgehead atoms. The summed E-state index contributed by atoms with van der Waals surface area (Å²) < 4.78 is 0. The van der Waals surface area contributed by atoms with E-state index in [0.717, 1.165) is 30.7 Å². The largest absolute Gasteiger partial charge is 0.393 e. The Bertz CT molecular complexity index is 290. The third-order valence-electron chi connectivity index (χ3n) is 6.40. The van der Waals surface area contributed by atoms with E-state index >= 15 is 0 Å². The van der Waals surface area contributed by atoms with Crippen LogP contribution >= 0.6 is 0 Å². The van der Waals surface area contributed by atoms with Crippen LogP contribution in [0.15, 0.2) is 0 Å². The van der Waals surface area contributed by atoms with Gasteiger partial charge in [0.2, 0.25) is 0 Å². The van der Waals surface area contributed by atoms with Gasteiger partial charge >= 0.3 is 0 Å². The number of piperidine rings is 1. The van der Waals surface area contributed by atoms with Gasteiger partial charge in [-0.15, -0.1) is 0 Å². The van der Waals surface area contributed by atoms with Crippen molar-refractivity contribution in [1.29, 1.82) is 0 Å². The first-order chi connectivity index (χ1) is 9.08. The Labute approximate surface area is 118 Å². The Hall–Kier alpha value is -0.0800. The number of likely N-dealkylation sites (tertiary alicyclic amines) is 1. The summed E-state index contributed by atoms with van der Waals surface area (Å²) in [6, 6.07) is 0.873. The fourth-order valence-corrected chi connectivity index (χ4v) is 4.85. The quantitative estimate of drug-likeness (QED) is 0.827. The topological polar surface area (TPSA) is 23.5 Å². The van der Waals surface area contributed by atoms with Gasteiger partial charge < -0.3 is 10.0 Å². The maximum absolute atomic E-state index is 9.55. The summed E-state index contributed by atoms with van der Waals surface area (Å²) >= 11 is 0. The third-order valence-corrected chi connectivity index (χ3v) is 6.40. The Morgan fingerprint density at radius 1 is 1.00 bits per heavy atom. The first-order valence-corrected chi connectivity index (χ1v) is 8.50. The molecule has 1 saturated heterocycles. The molecule has 3 aliphatic rings. The number of hydrogen-bond donors (Lipinski definition) is 1. The number of aliphatic hydroxyl groups excluding tert-OH is 1. The van der Waals surface area contributed by atoms with Gasteiger partial charge in [-0.2, -0.15) is 0 Å². The molecule has 2 heteroatoms. The van der Waals surface area contributed by atoms with Gasteiger partial charge in [-0.25, -0.2) is 0 Å². The molecule has 0 aromatic rings. The summed E-state index contributed by atoms with van der Waals surface area (Å²) in [4.78, 5) is 2.77. The summed E-state index contributed by atoms with van der Waals surface area (Å²) in [5.41, 5.74) is 0.547. The average molecular weight is 265 g/mol. The van der Waals surface area contributed by atoms with Crippen molar-refractivity contribution in [2.45, 2.75) is 77.4 Å². The van der Waals surface area contributed by atoms with Gasteiger partial charge in [0.1, 0.15) is 0 Å². The van der Waals surface area contributed by atoms with E-state index in [-0.39, 0.29) is 6.10 Å². The van der Waals surface area contributed by atoms with Crippen LogP contribution in [0.4, 0.5) is 0 Å². The predicted molar refractivity (Wildman–Crippen MR) is 79.1 cm³/mol. The fraction of sp³-hybridized carbons (Fsp3) is 1.00. The first-order valence-electron chi connectivity index (χ1n) is 8.50. The van der Waals surface area contributed by atoms with Crippen molar-refractivity contribution in [2.75, 3.05) is 13.1 Å². The molecule has 110 valence electrons. The Morgan fingerprint density at radius 3 is 2.05 bits per heavy atom. The van der Waals surface area contributed by atoms with E-state index < -0.39 is 0 Å². The third kappa shape index (κ3) is 2.85. The van der Waals surface area contributed by atoms with E-state index in [0.29, 0.717) is 5.41 Å². The molecule has 1 aliphatic heterocycles. The molecule has 3 rings (SSSR count). The monoisotopic (exact) mass is 265 g/mol. The number of hydrogen-bond acceptors (Lipinski definition) is 2. The van der Waals surface area contributed by atoms with Crippen LogP contribution < -0.4 is 0 Å². The zero-order valence-electron chi connectivity index (χ0n) is 12.8. The SMILES string of the molecule is CC(C)C1CCC(N2CCC3(CC2)CC(O)C3)CC1. The van der Waals surface area contributed by atoms with E-state index in [9.17, 15) is 5.11 Å². The second-order valence-corrected chi connectivity index (χ2v) is 7.91. The molecule has 2 aliphatic carbocycles. The average Bonchev–Trinajstić information content (AvgIpc) is 2.38. The van der Waals surface area contributed by atoms with Crippen LogP contribution in [0.25, 0.3) is 0 Å². The minimum atomic E-state index is 0.0213. The van der Waals surface area contributed by atoms with Crippen LogP contribution in [0.1, 0.15) is 65.2 Å². The van der Waals surface area contributed by atoms with Crippen molar-refractivity contribution in [3.05, 3.63) is 0 Å². The summed E-state index contributed by atoms with van der Waals surface area (Å²) in [7, 11) is 0. The van der Waals surface area contributed by atoms with Gasteiger partial charge in [-0.1, -0.05) is 13.8 Å². The second kappa shape index (κ2) is 5.37. The molecule has 0 aromatic heterocycles. The predicted octanol–water partition coefficient (Wildman–Crippen LogP) is 3.44. The zero-order valence-corrected chi connectivity index (χ0v) is 12.8. The highest BCUT2D eigenvalue weighted by Gasteiger charge is 2.45. The van der Waals surface area contributed by atoms with Crippen molar-refractivity contribution in [3.8, 4) is 0 Å². The van der Waals surface area contributed by atoms with Gasteiger partial charge in [0.15, 0.2) is 0 Å². The van der Waals surface area contributed by atoms with Crippen LogP contribution in [-0.2, 0) is 0 Å². The van der Waals surface area contributed by atoms with E-state index in [2.05, 4.69) is 18.7 Å². The number of aliphatic hydroxyl groups is 1. The van der Waals surface area contributed by atoms with Crippen LogP contribution in [0.3, 0.4) is 0 Å². The molecule has 2 nitrogen and oxygen atoms in total. The first kappa shape index (κ1) is 13.9. The molecule has 1 N–H and O–H groups in total. The maximum Gasteiger partial charge on any atom is 0.0550 e. The lowest BCUT2D eigenvalue weighted by Gasteiger charge is -2.52. The van der Waals surface area contributed by atoms with E-state index in [1.165, 1.54) is 51.6 Å². The minimum Gasteiger partial charge on any atom is -0.393 e. The molecule has 2 saturated carbocycles. The normalized spacial score (nSPS) is 36.6. The lowest BCUT2D eigenvalue weighted by atomic mass is 9.61. The van der Waals surface area contributed by atoms with E-state index in [4.69, 9.17) is 0 Å². The highest BCUT2D eigenvalue weighted by atomic mass is 16.3. The summed E-state index contributed by atoms with van der Waals surface area (Å²) in [6.45, 7) is 7.36. The summed E-state index contributed by atoms with van der Waals surface area (Å²) in [5, 5.41) is 9.55. The van der Waals surface area contributed by atoms with Gasteiger partial charge in [0, 0.05) is 6.04 Å². The van der Waals surface area contributed by atoms with E-state index in [1.807, 2.05) is 0 Å². The van der Waals surface area contributed by atoms with Crippen molar-refractivity contribution in [3.63, 3.8) is 0 Å². The molecular formula is C17H31NO. The smallest absolute Gasteiger partial charge is 0.0550 e. The molecule has 1 heterocycles. The standard InChI is InChI=1S/C17H31NO/c1-13(2)14-3-5-15(6-4-14)18-9-7-17(8-10-18)11-16(19)12-17/h13-16,19H,3-12H2,1-2H3. The van der Waals surface area contributed by atoms with Crippen molar-refractivity contribution in [2.24, 2.45) is 17.3 Å². The van der Waals surface area contributed by atoms with Gasteiger partial charge in [-0.05, 0) is 81.7 Å². The molecular weight excluding hydrogens is 234 g/mol. The van der Waals surface area contributed by atoms with E-state index in [1.54, 1.807) is 0 Å². The van der Waals surface area contributed by atoms with Crippen LogP contribution in [0, 0.1) is 17.3 Å². The Kier molecular flexibility index (Phi) is 3.92. The van der Waals surface area contributed by atoms with Crippen molar-refractivity contribution >= 4 is 0 Å². The lowest BCUT2D eigenvalue weighted by Crippen LogP contribution is -2.52. The highest BCUT2D eigenvalue weighted by Crippen LogP contribution is 2.49. The number of rotatable bonds is 2. The molecule has 0 unspecified atom stereocenters. The minimum absolute atomic E-state index is 0.0213. The number of nitrogens with zero attached hydrogens (tertiary/aromatic N) is 1. The van der Waals surface area contributed by atoms with Gasteiger partial charge in [0.25, 0.3) is 0 Å². The molecule has 3 fully saturated rings. The highest BCUT2D eigenvalue weighted by molar-refractivity contribution is 4.98. The molecule has 1 spiro atoms. The maximum atomic E-state index is 9.55. The van der Waals surface area contributed by atoms with Crippen molar-refractivity contribution in [1.82, 2.24) is 4.90 Å². The molecule has 0 amide bonds. The molecule has 19 heavy (non-hydrogen) atoms. The Balaban J connectivity index is 1.45. The zero-order chi connectivity index (χ0) is 13.5.